The quantitative estimate of drug-likeness (QED) is 0.505. The summed E-state index contributed by atoms with van der Waals surface area (Å²) in [5, 5.41) is 16.3. The normalized spacial score (nSPS) is 18.7. The maximum absolute atomic E-state index is 12.2. The van der Waals surface area contributed by atoms with Gasteiger partial charge in [0.1, 0.15) is 5.82 Å². The number of aromatic nitrogens is 3. The molecule has 2 fully saturated rings. The molecule has 1 aliphatic carbocycles. The molecule has 0 unspecified atom stereocenters. The van der Waals surface area contributed by atoms with E-state index in [-0.39, 0.29) is 18.3 Å². The van der Waals surface area contributed by atoms with Gasteiger partial charge in [-0.15, -0.1) is 29.2 Å². The highest BCUT2D eigenvalue weighted by molar-refractivity contribution is 7.99. The number of hydrogen-bond acceptors (Lipinski definition) is 5. The van der Waals surface area contributed by atoms with Crippen LogP contribution in [0, 0.1) is 0 Å². The first-order valence-corrected chi connectivity index (χ1v) is 10.9. The van der Waals surface area contributed by atoms with Crippen LogP contribution in [0.3, 0.4) is 0 Å². The minimum atomic E-state index is 0. The smallest absolute Gasteiger partial charge is 0.221 e. The molecule has 1 aromatic heterocycles. The predicted octanol–water partition coefficient (Wildman–Crippen LogP) is 3.28. The highest BCUT2D eigenvalue weighted by Crippen LogP contribution is 2.27. The number of carbonyl (C=O) groups excluding carboxylic acids is 1. The number of allylic oxidation sites excluding steroid dienone is 1. The Balaban J connectivity index is 0.00000261. The van der Waals surface area contributed by atoms with E-state index in [0.29, 0.717) is 18.4 Å². The van der Waals surface area contributed by atoms with Crippen LogP contribution in [0.5, 0.6) is 0 Å². The molecule has 2 aliphatic rings. The summed E-state index contributed by atoms with van der Waals surface area (Å²) >= 11 is 1.63. The van der Waals surface area contributed by atoms with Gasteiger partial charge in [0.05, 0.1) is 0 Å². The molecule has 0 radical (unpaired) electrons. The molecule has 3 rings (SSSR count). The fourth-order valence-electron chi connectivity index (χ4n) is 3.87. The lowest BCUT2D eigenvalue weighted by atomic mass is 9.95. The SMILES string of the molecule is C=CCn1c(SCCC(=O)NC2CCCCC2)nnc1C1CCNCC1.Cl. The fourth-order valence-corrected chi connectivity index (χ4v) is 4.76. The Bertz CT molecular complexity index is 597. The Morgan fingerprint density at radius 2 is 1.96 bits per heavy atom. The van der Waals surface area contributed by atoms with Crippen LogP contribution in [-0.4, -0.2) is 45.6 Å². The lowest BCUT2D eigenvalue weighted by Crippen LogP contribution is -2.36. The Morgan fingerprint density at radius 1 is 1.22 bits per heavy atom. The van der Waals surface area contributed by atoms with Crippen LogP contribution in [0.1, 0.15) is 63.1 Å². The zero-order valence-corrected chi connectivity index (χ0v) is 17.6. The molecule has 1 aliphatic heterocycles. The van der Waals surface area contributed by atoms with E-state index < -0.39 is 0 Å². The number of thioether (sulfide) groups is 1. The van der Waals surface area contributed by atoms with Gasteiger partial charge in [0.15, 0.2) is 5.16 Å². The van der Waals surface area contributed by atoms with Crippen molar-refractivity contribution in [1.29, 1.82) is 0 Å². The molecule has 6 nitrogen and oxygen atoms in total. The summed E-state index contributed by atoms with van der Waals surface area (Å²) in [6.45, 7) is 6.67. The number of halogens is 1. The maximum Gasteiger partial charge on any atom is 0.221 e. The largest absolute Gasteiger partial charge is 0.353 e. The number of nitrogens with zero attached hydrogens (tertiary/aromatic N) is 3. The van der Waals surface area contributed by atoms with Crippen molar-refractivity contribution in [3.8, 4) is 0 Å². The van der Waals surface area contributed by atoms with Gasteiger partial charge in [-0.2, -0.15) is 0 Å². The van der Waals surface area contributed by atoms with Crippen LogP contribution in [0.2, 0.25) is 0 Å². The molecule has 152 valence electrons. The van der Waals surface area contributed by atoms with Crippen molar-refractivity contribution in [2.75, 3.05) is 18.8 Å². The highest BCUT2D eigenvalue weighted by Gasteiger charge is 2.23. The summed E-state index contributed by atoms with van der Waals surface area (Å²) in [5.74, 6) is 2.44. The van der Waals surface area contributed by atoms with Gasteiger partial charge >= 0.3 is 0 Å². The average Bonchev–Trinajstić information content (AvgIpc) is 3.06. The Hall–Kier alpha value is -1.05. The number of piperidine rings is 1. The minimum Gasteiger partial charge on any atom is -0.353 e. The number of rotatable bonds is 8. The first-order chi connectivity index (χ1) is 12.8. The van der Waals surface area contributed by atoms with Gasteiger partial charge in [0.2, 0.25) is 5.91 Å². The van der Waals surface area contributed by atoms with Gasteiger partial charge in [-0.05, 0) is 38.8 Å². The van der Waals surface area contributed by atoms with Crippen LogP contribution in [0.4, 0.5) is 0 Å². The molecular formula is C19H32ClN5OS. The number of hydrogen-bond donors (Lipinski definition) is 2. The van der Waals surface area contributed by atoms with Crippen LogP contribution in [0.25, 0.3) is 0 Å². The van der Waals surface area contributed by atoms with Gasteiger partial charge in [0.25, 0.3) is 0 Å². The Kier molecular flexibility index (Phi) is 9.65. The minimum absolute atomic E-state index is 0. The first-order valence-electron chi connectivity index (χ1n) is 9.95. The summed E-state index contributed by atoms with van der Waals surface area (Å²) in [6.07, 6.45) is 10.7. The van der Waals surface area contributed by atoms with Crippen LogP contribution in [-0.2, 0) is 11.3 Å². The molecule has 1 saturated heterocycles. The van der Waals surface area contributed by atoms with Gasteiger partial charge < -0.3 is 15.2 Å². The Morgan fingerprint density at radius 3 is 2.67 bits per heavy atom. The molecule has 1 amide bonds. The van der Waals surface area contributed by atoms with Crippen LogP contribution < -0.4 is 10.6 Å². The molecule has 0 atom stereocenters. The molecule has 1 aromatic rings. The van der Waals surface area contributed by atoms with Crippen molar-refractivity contribution in [3.05, 3.63) is 18.5 Å². The first kappa shape index (κ1) is 22.2. The maximum atomic E-state index is 12.2. The van der Waals surface area contributed by atoms with E-state index in [1.807, 2.05) is 6.08 Å². The predicted molar refractivity (Wildman–Crippen MR) is 113 cm³/mol. The van der Waals surface area contributed by atoms with Gasteiger partial charge in [-0.25, -0.2) is 0 Å². The van der Waals surface area contributed by atoms with Crippen LogP contribution >= 0.6 is 24.2 Å². The van der Waals surface area contributed by atoms with Crippen molar-refractivity contribution in [2.24, 2.45) is 0 Å². The molecule has 2 N–H and O–H groups in total. The molecule has 0 spiro atoms. The lowest BCUT2D eigenvalue weighted by molar-refractivity contribution is -0.121. The Labute approximate surface area is 172 Å². The van der Waals surface area contributed by atoms with E-state index in [1.165, 1.54) is 19.3 Å². The summed E-state index contributed by atoms with van der Waals surface area (Å²) in [4.78, 5) is 12.2. The summed E-state index contributed by atoms with van der Waals surface area (Å²) in [5.41, 5.74) is 0. The molecule has 27 heavy (non-hydrogen) atoms. The molecule has 8 heteroatoms. The van der Waals surface area contributed by atoms with Crippen molar-refractivity contribution in [3.63, 3.8) is 0 Å². The third kappa shape index (κ3) is 6.50. The standard InChI is InChI=1S/C19H31N5OS.ClH/c1-2-13-24-18(15-8-11-20-12-9-15)22-23-19(24)26-14-10-17(25)21-16-6-4-3-5-7-16;/h2,15-16,20H,1,3-14H2,(H,21,25);1H. The van der Waals surface area contributed by atoms with E-state index in [1.54, 1.807) is 11.8 Å². The molecular weight excluding hydrogens is 382 g/mol. The average molecular weight is 414 g/mol. The van der Waals surface area contributed by atoms with Crippen molar-refractivity contribution >= 4 is 30.1 Å². The summed E-state index contributed by atoms with van der Waals surface area (Å²) < 4.78 is 2.17. The topological polar surface area (TPSA) is 71.8 Å². The number of nitrogens with one attached hydrogen (secondary N) is 2. The third-order valence-corrected chi connectivity index (χ3v) is 6.26. The van der Waals surface area contributed by atoms with E-state index in [2.05, 4.69) is 32.0 Å². The molecule has 1 saturated carbocycles. The number of amides is 1. The third-order valence-electron chi connectivity index (χ3n) is 5.29. The van der Waals surface area contributed by atoms with Gasteiger partial charge in [-0.1, -0.05) is 37.1 Å². The second-order valence-electron chi connectivity index (χ2n) is 7.27. The van der Waals surface area contributed by atoms with E-state index in [9.17, 15) is 4.79 Å². The lowest BCUT2D eigenvalue weighted by Gasteiger charge is -2.23. The van der Waals surface area contributed by atoms with Gasteiger partial charge in [0, 0.05) is 30.7 Å². The van der Waals surface area contributed by atoms with E-state index >= 15 is 0 Å². The zero-order chi connectivity index (χ0) is 18.2. The molecule has 0 aromatic carbocycles. The fraction of sp³-hybridized carbons (Fsp3) is 0.737. The summed E-state index contributed by atoms with van der Waals surface area (Å²) in [7, 11) is 0. The van der Waals surface area contributed by atoms with Crippen molar-refractivity contribution < 1.29 is 4.79 Å². The van der Waals surface area contributed by atoms with Gasteiger partial charge in [-0.3, -0.25) is 4.79 Å². The summed E-state index contributed by atoms with van der Waals surface area (Å²) in [6, 6.07) is 0.386. The van der Waals surface area contributed by atoms with E-state index in [0.717, 1.165) is 62.1 Å². The van der Waals surface area contributed by atoms with E-state index in [4.69, 9.17) is 0 Å². The number of carbonyl (C=O) groups is 1. The zero-order valence-electron chi connectivity index (χ0n) is 16.0. The molecule has 0 bridgehead atoms. The second-order valence-corrected chi connectivity index (χ2v) is 8.33. The highest BCUT2D eigenvalue weighted by atomic mass is 35.5. The van der Waals surface area contributed by atoms with Crippen LogP contribution in [0.15, 0.2) is 17.8 Å². The van der Waals surface area contributed by atoms with Crippen molar-refractivity contribution in [2.45, 2.75) is 75.0 Å². The monoisotopic (exact) mass is 413 g/mol. The second kappa shape index (κ2) is 11.7. The molecule has 2 heterocycles. The van der Waals surface area contributed by atoms with Crippen molar-refractivity contribution in [1.82, 2.24) is 25.4 Å².